The molecule has 0 aromatic heterocycles. The van der Waals surface area contributed by atoms with E-state index >= 15 is 0 Å². The molecule has 0 unspecified atom stereocenters. The number of hydrogen-bond donors (Lipinski definition) is 4. The number of ether oxygens (including phenoxy) is 1. The van der Waals surface area contributed by atoms with Gasteiger partial charge in [-0.05, 0) is 25.8 Å². The first-order chi connectivity index (χ1) is 13.5. The summed E-state index contributed by atoms with van der Waals surface area (Å²) in [6.07, 6.45) is 12.5. The van der Waals surface area contributed by atoms with Gasteiger partial charge in [0.25, 0.3) is 0 Å². The fourth-order valence-corrected chi connectivity index (χ4v) is 3.11. The highest BCUT2D eigenvalue weighted by atomic mass is 16.5. The van der Waals surface area contributed by atoms with E-state index < -0.39 is 12.1 Å². The number of aliphatic hydroxyl groups excluding tert-OH is 1. The molecule has 0 bridgehead atoms. The maximum atomic E-state index is 12.1. The van der Waals surface area contributed by atoms with Crippen LogP contribution in [0.4, 0.5) is 0 Å². The van der Waals surface area contributed by atoms with Gasteiger partial charge in [-0.2, -0.15) is 0 Å². The van der Waals surface area contributed by atoms with Crippen molar-refractivity contribution in [3.63, 3.8) is 0 Å². The van der Waals surface area contributed by atoms with E-state index in [1.807, 2.05) is 0 Å². The Labute approximate surface area is 170 Å². The quantitative estimate of drug-likeness (QED) is 0.194. The predicted octanol–water partition coefficient (Wildman–Crippen LogP) is 2.38. The topological polar surface area (TPSA) is 128 Å². The number of unbranched alkanes of at least 4 members (excludes halogenated alkanes) is 8. The summed E-state index contributed by atoms with van der Waals surface area (Å²) >= 11 is 0. The zero-order valence-electron chi connectivity index (χ0n) is 17.8. The molecule has 7 nitrogen and oxygen atoms in total. The van der Waals surface area contributed by atoms with Crippen molar-refractivity contribution in [2.24, 2.45) is 11.5 Å². The lowest BCUT2D eigenvalue weighted by atomic mass is 10.0. The Morgan fingerprint density at radius 3 is 2.11 bits per heavy atom. The van der Waals surface area contributed by atoms with Crippen LogP contribution in [0.15, 0.2) is 0 Å². The molecule has 1 amide bonds. The molecule has 0 spiro atoms. The lowest BCUT2D eigenvalue weighted by Gasteiger charge is -2.19. The summed E-state index contributed by atoms with van der Waals surface area (Å²) in [6, 6.07) is -0.300. The Kier molecular flexibility index (Phi) is 18.3. The number of rotatable bonds is 19. The minimum absolute atomic E-state index is 0.0704. The Hall–Kier alpha value is -1.18. The number of nitrogens with two attached hydrogens (primary N) is 2. The second-order valence-corrected chi connectivity index (χ2v) is 7.56. The van der Waals surface area contributed by atoms with E-state index in [1.54, 1.807) is 0 Å². The SMILES string of the molecule is CCCCCCCCCCC[C@@H](O)CC(=O)N[C@H](CCCN)COC(=O)CN. The van der Waals surface area contributed by atoms with Crippen molar-refractivity contribution in [2.75, 3.05) is 19.7 Å². The molecule has 7 heteroatoms. The van der Waals surface area contributed by atoms with Gasteiger partial charge in [0.1, 0.15) is 6.61 Å². The van der Waals surface area contributed by atoms with Crippen LogP contribution in [0, 0.1) is 0 Å². The molecule has 0 saturated carbocycles. The van der Waals surface area contributed by atoms with Crippen molar-refractivity contribution in [1.29, 1.82) is 0 Å². The second kappa shape index (κ2) is 19.2. The van der Waals surface area contributed by atoms with Crippen LogP contribution < -0.4 is 16.8 Å². The molecule has 0 saturated heterocycles. The minimum Gasteiger partial charge on any atom is -0.463 e. The zero-order chi connectivity index (χ0) is 21.0. The normalized spacial score (nSPS) is 13.1. The number of hydrogen-bond acceptors (Lipinski definition) is 6. The first-order valence-electron chi connectivity index (χ1n) is 11.1. The Morgan fingerprint density at radius 1 is 0.929 bits per heavy atom. The lowest BCUT2D eigenvalue weighted by Crippen LogP contribution is -2.40. The van der Waals surface area contributed by atoms with Crippen LogP contribution in [-0.2, 0) is 14.3 Å². The van der Waals surface area contributed by atoms with Crippen molar-refractivity contribution in [1.82, 2.24) is 5.32 Å². The van der Waals surface area contributed by atoms with E-state index in [9.17, 15) is 14.7 Å². The van der Waals surface area contributed by atoms with Crippen LogP contribution in [0.5, 0.6) is 0 Å². The van der Waals surface area contributed by atoms with Gasteiger partial charge >= 0.3 is 5.97 Å². The van der Waals surface area contributed by atoms with Crippen molar-refractivity contribution in [3.05, 3.63) is 0 Å². The van der Waals surface area contributed by atoms with Crippen LogP contribution >= 0.6 is 0 Å². The number of esters is 1. The highest BCUT2D eigenvalue weighted by molar-refractivity contribution is 5.76. The smallest absolute Gasteiger partial charge is 0.319 e. The molecule has 0 aromatic rings. The number of nitrogens with one attached hydrogen (secondary N) is 1. The summed E-state index contributed by atoms with van der Waals surface area (Å²) in [6.45, 7) is 2.62. The highest BCUT2D eigenvalue weighted by Crippen LogP contribution is 2.12. The van der Waals surface area contributed by atoms with Crippen LogP contribution in [-0.4, -0.2) is 48.8 Å². The molecule has 0 fully saturated rings. The largest absolute Gasteiger partial charge is 0.463 e. The standard InChI is InChI=1S/C21H43N3O4/c1-2-3-4-5-6-7-8-9-10-13-19(25)15-20(26)24-18(12-11-14-22)17-28-21(27)16-23/h18-19,25H,2-17,22-23H2,1H3,(H,24,26)/t18-,19-/m1/s1. The van der Waals surface area contributed by atoms with Crippen molar-refractivity contribution < 1.29 is 19.4 Å². The average Bonchev–Trinajstić information content (AvgIpc) is 2.68. The van der Waals surface area contributed by atoms with Gasteiger partial charge in [-0.1, -0.05) is 64.7 Å². The third kappa shape index (κ3) is 17.0. The molecular weight excluding hydrogens is 358 g/mol. The molecule has 0 heterocycles. The molecule has 28 heavy (non-hydrogen) atoms. The third-order valence-corrected chi connectivity index (χ3v) is 4.80. The first-order valence-corrected chi connectivity index (χ1v) is 11.1. The summed E-state index contributed by atoms with van der Waals surface area (Å²) < 4.78 is 5.01. The summed E-state index contributed by atoms with van der Waals surface area (Å²) in [7, 11) is 0. The van der Waals surface area contributed by atoms with Gasteiger partial charge in [-0.15, -0.1) is 0 Å². The highest BCUT2D eigenvalue weighted by Gasteiger charge is 2.17. The van der Waals surface area contributed by atoms with Crippen molar-refractivity contribution in [2.45, 2.75) is 103 Å². The molecule has 0 rings (SSSR count). The van der Waals surface area contributed by atoms with Gasteiger partial charge in [0.15, 0.2) is 0 Å². The summed E-state index contributed by atoms with van der Waals surface area (Å²) in [5.74, 6) is -0.730. The van der Waals surface area contributed by atoms with Crippen LogP contribution in [0.25, 0.3) is 0 Å². The first kappa shape index (κ1) is 26.8. The molecule has 166 valence electrons. The summed E-state index contributed by atoms with van der Waals surface area (Å²) in [5, 5.41) is 12.9. The van der Waals surface area contributed by atoms with Gasteiger partial charge in [0.05, 0.1) is 25.1 Å². The lowest BCUT2D eigenvalue weighted by molar-refractivity contribution is -0.143. The minimum atomic E-state index is -0.633. The summed E-state index contributed by atoms with van der Waals surface area (Å²) in [5.41, 5.74) is 10.7. The van der Waals surface area contributed by atoms with E-state index in [0.29, 0.717) is 25.8 Å². The van der Waals surface area contributed by atoms with E-state index in [1.165, 1.54) is 44.9 Å². The van der Waals surface area contributed by atoms with Crippen molar-refractivity contribution >= 4 is 11.9 Å². The van der Waals surface area contributed by atoms with E-state index in [2.05, 4.69) is 12.2 Å². The molecule has 0 aliphatic heterocycles. The summed E-state index contributed by atoms with van der Waals surface area (Å²) in [4.78, 5) is 23.3. The molecule has 6 N–H and O–H groups in total. The van der Waals surface area contributed by atoms with E-state index in [-0.39, 0.29) is 31.5 Å². The molecule has 0 radical (unpaired) electrons. The van der Waals surface area contributed by atoms with Crippen molar-refractivity contribution in [3.8, 4) is 0 Å². The van der Waals surface area contributed by atoms with Gasteiger partial charge < -0.3 is 26.6 Å². The van der Waals surface area contributed by atoms with Gasteiger partial charge in [-0.25, -0.2) is 0 Å². The number of carbonyl (C=O) groups excluding carboxylic acids is 2. The van der Waals surface area contributed by atoms with Crippen LogP contribution in [0.1, 0.15) is 90.4 Å². The molecule has 2 atom stereocenters. The Bertz CT molecular complexity index is 394. The number of carbonyl (C=O) groups is 2. The van der Waals surface area contributed by atoms with E-state index in [0.717, 1.165) is 12.8 Å². The number of aliphatic hydroxyl groups is 1. The zero-order valence-corrected chi connectivity index (χ0v) is 17.8. The van der Waals surface area contributed by atoms with Crippen LogP contribution in [0.2, 0.25) is 0 Å². The second-order valence-electron chi connectivity index (χ2n) is 7.56. The molecule has 0 aliphatic rings. The van der Waals surface area contributed by atoms with E-state index in [4.69, 9.17) is 16.2 Å². The van der Waals surface area contributed by atoms with Crippen LogP contribution in [0.3, 0.4) is 0 Å². The number of amides is 1. The predicted molar refractivity (Wildman–Crippen MR) is 113 cm³/mol. The molecule has 0 aliphatic carbocycles. The monoisotopic (exact) mass is 401 g/mol. The average molecular weight is 402 g/mol. The van der Waals surface area contributed by atoms with Gasteiger partial charge in [-0.3, -0.25) is 9.59 Å². The maximum absolute atomic E-state index is 12.1. The van der Waals surface area contributed by atoms with Gasteiger partial charge in [0, 0.05) is 0 Å². The maximum Gasteiger partial charge on any atom is 0.319 e. The molecular formula is C21H43N3O4. The Balaban J connectivity index is 3.88. The fourth-order valence-electron chi connectivity index (χ4n) is 3.11. The fraction of sp³-hybridized carbons (Fsp3) is 0.905. The molecule has 0 aromatic carbocycles. The Morgan fingerprint density at radius 2 is 1.54 bits per heavy atom. The van der Waals surface area contributed by atoms with Gasteiger partial charge in [0.2, 0.25) is 5.91 Å². The third-order valence-electron chi connectivity index (χ3n) is 4.80.